The van der Waals surface area contributed by atoms with E-state index in [0.29, 0.717) is 4.47 Å². The number of rotatable bonds is 11. The number of nitrogens with zero attached hydrogens (tertiary/aromatic N) is 1. The van der Waals surface area contributed by atoms with Crippen LogP contribution >= 0.6 is 15.9 Å². The van der Waals surface area contributed by atoms with Crippen LogP contribution in [-0.2, 0) is 35.5 Å². The van der Waals surface area contributed by atoms with Gasteiger partial charge in [0.15, 0.2) is 5.69 Å². The first-order valence-electron chi connectivity index (χ1n) is 9.41. The molecule has 0 amide bonds. The highest BCUT2D eigenvalue weighted by atomic mass is 79.9. The molecule has 0 aliphatic heterocycles. The lowest BCUT2D eigenvalue weighted by Gasteiger charge is -2.11. The van der Waals surface area contributed by atoms with Gasteiger partial charge in [0.25, 0.3) is 5.56 Å². The molecule has 0 radical (unpaired) electrons. The molecule has 0 aliphatic rings. The van der Waals surface area contributed by atoms with Crippen molar-refractivity contribution in [1.29, 1.82) is 0 Å². The molecule has 1 heterocycles. The van der Waals surface area contributed by atoms with E-state index in [1.807, 2.05) is 0 Å². The fourth-order valence-electron chi connectivity index (χ4n) is 2.32. The Labute approximate surface area is 198 Å². The fourth-order valence-corrected chi connectivity index (χ4v) is 3.52. The van der Waals surface area contributed by atoms with E-state index in [9.17, 15) is 22.8 Å². The number of nitrogens with one attached hydrogen (secondary N) is 1. The van der Waals surface area contributed by atoms with Crippen molar-refractivity contribution < 1.29 is 36.4 Å². The van der Waals surface area contributed by atoms with Gasteiger partial charge < -0.3 is 23.4 Å². The Balaban J connectivity index is 2.13. The van der Waals surface area contributed by atoms with E-state index >= 15 is 0 Å². The van der Waals surface area contributed by atoms with Crippen LogP contribution in [-0.4, -0.2) is 57.3 Å². The fraction of sp³-hybridized carbons (Fsp3) is 0.300. The Kier molecular flexibility index (Phi) is 9.75. The highest BCUT2D eigenvalue weighted by Crippen LogP contribution is 2.20. The van der Waals surface area contributed by atoms with Gasteiger partial charge in [-0.25, -0.2) is 9.78 Å². The second kappa shape index (κ2) is 12.3. The summed E-state index contributed by atoms with van der Waals surface area (Å²) in [6, 6.07) is 5.50. The van der Waals surface area contributed by atoms with E-state index in [-0.39, 0.29) is 37.0 Å². The number of halogens is 1. The number of methoxy groups -OCH3 is 1. The van der Waals surface area contributed by atoms with Crippen LogP contribution < -0.4 is 9.74 Å². The largest absolute Gasteiger partial charge is 0.464 e. The highest BCUT2D eigenvalue weighted by Gasteiger charge is 2.26. The van der Waals surface area contributed by atoms with Crippen LogP contribution in [0.2, 0.25) is 0 Å². The number of hydrogen-bond donors (Lipinski definition) is 1. The summed E-state index contributed by atoms with van der Waals surface area (Å²) in [5.74, 6) is -2.17. The summed E-state index contributed by atoms with van der Waals surface area (Å²) >= 11 is 3.19. The van der Waals surface area contributed by atoms with Crippen LogP contribution in [0.15, 0.2) is 50.6 Å². The average molecular weight is 545 g/mol. The zero-order valence-corrected chi connectivity index (χ0v) is 20.1. The van der Waals surface area contributed by atoms with Crippen LogP contribution in [0.4, 0.5) is 0 Å². The third-order valence-electron chi connectivity index (χ3n) is 3.85. The Hall–Kier alpha value is -3.03. The molecule has 0 fully saturated rings. The van der Waals surface area contributed by atoms with Crippen LogP contribution in [0.3, 0.4) is 0 Å². The second-order valence-corrected chi connectivity index (χ2v) is 8.73. The van der Waals surface area contributed by atoms with Gasteiger partial charge in [0.05, 0.1) is 20.3 Å². The Morgan fingerprint density at radius 2 is 1.82 bits per heavy atom. The number of aromatic amines is 1. The van der Waals surface area contributed by atoms with Gasteiger partial charge >= 0.3 is 22.1 Å². The summed E-state index contributed by atoms with van der Waals surface area (Å²) in [6.07, 6.45) is 3.36. The zero-order chi connectivity index (χ0) is 24.4. The van der Waals surface area contributed by atoms with Crippen molar-refractivity contribution in [3.05, 3.63) is 62.8 Å². The molecule has 13 heteroatoms. The first-order valence-corrected chi connectivity index (χ1v) is 11.6. The van der Waals surface area contributed by atoms with E-state index in [4.69, 9.17) is 13.7 Å². The first kappa shape index (κ1) is 26.2. The number of benzene rings is 1. The standard InChI is InChI=1S/C20H21BrN2O9S/c1-13(24)31-11-4-3-10-30-12-9-16-22-17(20(26)29-2)18(19(25)23-16)32-33(27,28)15-7-5-14(21)6-8-15/h3-8H,9-12H2,1-2H3,(H,22,23,25)/b4-3-. The molecule has 2 rings (SSSR count). The quantitative estimate of drug-likeness (QED) is 0.191. The average Bonchev–Trinajstić information content (AvgIpc) is 2.76. The van der Waals surface area contributed by atoms with Crippen molar-refractivity contribution in [2.45, 2.75) is 18.2 Å². The lowest BCUT2D eigenvalue weighted by molar-refractivity contribution is -0.139. The number of carbonyl (C=O) groups excluding carboxylic acids is 2. The van der Waals surface area contributed by atoms with E-state index < -0.39 is 39.1 Å². The number of ether oxygens (including phenoxy) is 3. The molecule has 11 nitrogen and oxygen atoms in total. The van der Waals surface area contributed by atoms with Crippen LogP contribution in [0, 0.1) is 0 Å². The highest BCUT2D eigenvalue weighted by molar-refractivity contribution is 9.10. The Morgan fingerprint density at radius 1 is 1.15 bits per heavy atom. The van der Waals surface area contributed by atoms with Crippen LogP contribution in [0.25, 0.3) is 0 Å². The molecule has 0 aliphatic carbocycles. The predicted molar refractivity (Wildman–Crippen MR) is 118 cm³/mol. The third kappa shape index (κ3) is 8.11. The molecule has 1 N–H and O–H groups in total. The summed E-state index contributed by atoms with van der Waals surface area (Å²) < 4.78 is 45.4. The van der Waals surface area contributed by atoms with E-state index in [1.165, 1.54) is 31.2 Å². The predicted octanol–water partition coefficient (Wildman–Crippen LogP) is 1.77. The Bertz CT molecular complexity index is 1180. The number of aromatic nitrogens is 2. The minimum atomic E-state index is -4.42. The topological polar surface area (TPSA) is 151 Å². The zero-order valence-electron chi connectivity index (χ0n) is 17.7. The maximum Gasteiger partial charge on any atom is 0.360 e. The minimum absolute atomic E-state index is 0.0673. The summed E-state index contributed by atoms with van der Waals surface area (Å²) in [4.78, 5) is 41.4. The maximum atomic E-state index is 12.5. The SMILES string of the molecule is COC(=O)c1nc(CCOC/C=C\COC(C)=O)[nH]c(=O)c1OS(=O)(=O)c1ccc(Br)cc1. The molecular weight excluding hydrogens is 524 g/mol. The van der Waals surface area contributed by atoms with Gasteiger partial charge in [-0.1, -0.05) is 22.0 Å². The van der Waals surface area contributed by atoms with Gasteiger partial charge in [-0.2, -0.15) is 8.42 Å². The first-order chi connectivity index (χ1) is 15.6. The molecule has 1 aromatic carbocycles. The van der Waals surface area contributed by atoms with Gasteiger partial charge in [0.1, 0.15) is 17.3 Å². The molecule has 0 saturated heterocycles. The smallest absolute Gasteiger partial charge is 0.360 e. The summed E-state index contributed by atoms with van der Waals surface area (Å²) in [7, 11) is -3.36. The summed E-state index contributed by atoms with van der Waals surface area (Å²) in [5.41, 5.74) is -1.56. The van der Waals surface area contributed by atoms with Crippen molar-refractivity contribution >= 4 is 38.0 Å². The molecular formula is C20H21BrN2O9S. The van der Waals surface area contributed by atoms with Crippen molar-refractivity contribution in [1.82, 2.24) is 9.97 Å². The molecule has 0 unspecified atom stereocenters. The molecule has 0 bridgehead atoms. The molecule has 178 valence electrons. The van der Waals surface area contributed by atoms with Crippen molar-refractivity contribution in [2.24, 2.45) is 0 Å². The molecule has 0 saturated carbocycles. The number of H-pyrrole nitrogens is 1. The van der Waals surface area contributed by atoms with Crippen LogP contribution in [0.1, 0.15) is 23.2 Å². The third-order valence-corrected chi connectivity index (χ3v) is 5.61. The van der Waals surface area contributed by atoms with Crippen molar-refractivity contribution in [2.75, 3.05) is 26.9 Å². The number of carbonyl (C=O) groups is 2. The van der Waals surface area contributed by atoms with Gasteiger partial charge in [-0.15, -0.1) is 0 Å². The van der Waals surface area contributed by atoms with Gasteiger partial charge in [-0.3, -0.25) is 9.59 Å². The van der Waals surface area contributed by atoms with E-state index in [1.54, 1.807) is 12.2 Å². The normalized spacial score (nSPS) is 11.4. The summed E-state index contributed by atoms with van der Waals surface area (Å²) in [6.45, 7) is 1.76. The summed E-state index contributed by atoms with van der Waals surface area (Å²) in [5, 5.41) is 0. The molecule has 2 aromatic rings. The van der Waals surface area contributed by atoms with Crippen molar-refractivity contribution in [3.8, 4) is 5.75 Å². The van der Waals surface area contributed by atoms with E-state index in [0.717, 1.165) is 7.11 Å². The lowest BCUT2D eigenvalue weighted by atomic mass is 10.3. The maximum absolute atomic E-state index is 12.5. The van der Waals surface area contributed by atoms with Crippen LogP contribution in [0.5, 0.6) is 5.75 Å². The molecule has 33 heavy (non-hydrogen) atoms. The monoisotopic (exact) mass is 544 g/mol. The number of hydrogen-bond acceptors (Lipinski definition) is 10. The molecule has 1 aromatic heterocycles. The minimum Gasteiger partial charge on any atom is -0.464 e. The number of esters is 2. The Morgan fingerprint density at radius 3 is 2.45 bits per heavy atom. The second-order valence-electron chi connectivity index (χ2n) is 6.27. The van der Waals surface area contributed by atoms with Gasteiger partial charge in [0.2, 0.25) is 5.75 Å². The van der Waals surface area contributed by atoms with Gasteiger partial charge in [-0.05, 0) is 30.3 Å². The van der Waals surface area contributed by atoms with Crippen molar-refractivity contribution in [3.63, 3.8) is 0 Å². The lowest BCUT2D eigenvalue weighted by Crippen LogP contribution is -2.24. The molecule has 0 spiro atoms. The van der Waals surface area contributed by atoms with E-state index in [2.05, 4.69) is 30.6 Å². The van der Waals surface area contributed by atoms with Gasteiger partial charge in [0, 0.05) is 17.8 Å². The molecule has 0 atom stereocenters.